The molecule has 0 atom stereocenters. The average molecular weight is 454 g/mol. The van der Waals surface area contributed by atoms with Gasteiger partial charge in [-0.15, -0.1) is 0 Å². The van der Waals surface area contributed by atoms with Gasteiger partial charge in [-0.2, -0.15) is 10.1 Å². The Morgan fingerprint density at radius 3 is 2.58 bits per heavy atom. The lowest BCUT2D eigenvalue weighted by atomic mass is 10.2. The number of hydrogen-bond donors (Lipinski definition) is 0. The number of amides is 1. The fourth-order valence-corrected chi connectivity index (χ4v) is 4.42. The van der Waals surface area contributed by atoms with E-state index < -0.39 is 11.5 Å². The summed E-state index contributed by atoms with van der Waals surface area (Å²) in [6.07, 6.45) is 1.58. The number of thiazole rings is 1. The summed E-state index contributed by atoms with van der Waals surface area (Å²) in [6.45, 7) is 4.00. The fraction of sp³-hybridized carbons (Fsp3) is 0.0769. The molecule has 7 heteroatoms. The SMILES string of the molecule is Cc1ccc(/C=N/N(C(=O)c2cc3ccccc3oc2=O)c2nc3ccc(C)cc3s2)cc1. The number of benzene rings is 3. The molecule has 0 bridgehead atoms. The van der Waals surface area contributed by atoms with E-state index in [1.165, 1.54) is 22.4 Å². The van der Waals surface area contributed by atoms with Crippen molar-refractivity contribution in [3.63, 3.8) is 0 Å². The molecule has 6 nitrogen and oxygen atoms in total. The number of carbonyl (C=O) groups is 1. The summed E-state index contributed by atoms with van der Waals surface area (Å²) < 4.78 is 6.31. The predicted octanol–water partition coefficient (Wildman–Crippen LogP) is 5.70. The highest BCUT2D eigenvalue weighted by atomic mass is 32.1. The summed E-state index contributed by atoms with van der Waals surface area (Å²) in [5.41, 5.74) is 3.39. The van der Waals surface area contributed by atoms with Crippen LogP contribution in [0.1, 0.15) is 27.0 Å². The van der Waals surface area contributed by atoms with Crippen LogP contribution in [0, 0.1) is 13.8 Å². The van der Waals surface area contributed by atoms with Crippen LogP contribution >= 0.6 is 11.3 Å². The van der Waals surface area contributed by atoms with Crippen LogP contribution in [0.5, 0.6) is 0 Å². The molecule has 0 saturated heterocycles. The molecule has 0 aliphatic carbocycles. The molecule has 1 amide bonds. The van der Waals surface area contributed by atoms with Crippen LogP contribution in [0.2, 0.25) is 0 Å². The Morgan fingerprint density at radius 2 is 1.76 bits per heavy atom. The first-order chi connectivity index (χ1) is 16.0. The minimum Gasteiger partial charge on any atom is -0.422 e. The Morgan fingerprint density at radius 1 is 1.00 bits per heavy atom. The van der Waals surface area contributed by atoms with Gasteiger partial charge in [-0.25, -0.2) is 9.78 Å². The Balaban J connectivity index is 1.62. The van der Waals surface area contributed by atoms with Crippen molar-refractivity contribution >= 4 is 49.8 Å². The van der Waals surface area contributed by atoms with E-state index in [0.717, 1.165) is 26.9 Å². The van der Waals surface area contributed by atoms with Gasteiger partial charge in [0.05, 0.1) is 16.4 Å². The minimum atomic E-state index is -0.716. The van der Waals surface area contributed by atoms with Crippen LogP contribution in [0.4, 0.5) is 5.13 Å². The third kappa shape index (κ3) is 4.18. The Labute approximate surface area is 193 Å². The highest BCUT2D eigenvalue weighted by Crippen LogP contribution is 2.30. The number of hydrogen-bond acceptors (Lipinski definition) is 6. The maximum absolute atomic E-state index is 13.5. The molecule has 2 heterocycles. The lowest BCUT2D eigenvalue weighted by Gasteiger charge is -2.13. The molecule has 0 radical (unpaired) electrons. The topological polar surface area (TPSA) is 75.8 Å². The van der Waals surface area contributed by atoms with Crippen molar-refractivity contribution in [1.29, 1.82) is 0 Å². The molecule has 0 saturated carbocycles. The van der Waals surface area contributed by atoms with Crippen molar-refractivity contribution in [2.75, 3.05) is 5.01 Å². The van der Waals surface area contributed by atoms with Crippen LogP contribution in [0.15, 0.2) is 87.1 Å². The van der Waals surface area contributed by atoms with Crippen LogP contribution in [0.25, 0.3) is 21.2 Å². The molecule has 5 rings (SSSR count). The number of aryl methyl sites for hydroxylation is 2. The third-order valence-electron chi connectivity index (χ3n) is 5.18. The summed E-state index contributed by atoms with van der Waals surface area (Å²) in [7, 11) is 0. The van der Waals surface area contributed by atoms with Gasteiger partial charge in [-0.1, -0.05) is 65.4 Å². The molecule has 0 aliphatic rings. The van der Waals surface area contributed by atoms with Gasteiger partial charge in [-0.05, 0) is 49.2 Å². The summed E-state index contributed by atoms with van der Waals surface area (Å²) >= 11 is 1.34. The van der Waals surface area contributed by atoms with Gasteiger partial charge in [0.25, 0.3) is 5.91 Å². The molecule has 3 aromatic carbocycles. The van der Waals surface area contributed by atoms with E-state index >= 15 is 0 Å². The van der Waals surface area contributed by atoms with Gasteiger partial charge in [-0.3, -0.25) is 4.79 Å². The van der Waals surface area contributed by atoms with E-state index in [1.807, 2.05) is 62.4 Å². The number of carbonyl (C=O) groups excluding carboxylic acids is 1. The second kappa shape index (κ2) is 8.44. The van der Waals surface area contributed by atoms with E-state index in [1.54, 1.807) is 24.4 Å². The standard InChI is InChI=1S/C26H19N3O3S/c1-16-7-10-18(11-8-16)15-27-29(26-28-21-12-9-17(2)13-23(21)33-26)24(30)20-14-19-5-3-4-6-22(19)32-25(20)31/h3-15H,1-2H3/b27-15+. The summed E-state index contributed by atoms with van der Waals surface area (Å²) in [4.78, 5) is 30.8. The highest BCUT2D eigenvalue weighted by molar-refractivity contribution is 7.22. The van der Waals surface area contributed by atoms with E-state index in [2.05, 4.69) is 10.1 Å². The van der Waals surface area contributed by atoms with Crippen molar-refractivity contribution in [3.8, 4) is 0 Å². The zero-order valence-electron chi connectivity index (χ0n) is 18.0. The fourth-order valence-electron chi connectivity index (χ4n) is 3.40. The molecule has 0 unspecified atom stereocenters. The molecule has 5 aromatic rings. The van der Waals surface area contributed by atoms with E-state index in [9.17, 15) is 9.59 Å². The molecule has 0 aliphatic heterocycles. The van der Waals surface area contributed by atoms with Crippen molar-refractivity contribution < 1.29 is 9.21 Å². The van der Waals surface area contributed by atoms with E-state index in [-0.39, 0.29) is 5.56 Å². The van der Waals surface area contributed by atoms with Crippen molar-refractivity contribution in [3.05, 3.63) is 105 Å². The molecule has 2 aromatic heterocycles. The highest BCUT2D eigenvalue weighted by Gasteiger charge is 2.25. The lowest BCUT2D eigenvalue weighted by molar-refractivity contribution is 0.0984. The van der Waals surface area contributed by atoms with E-state index in [0.29, 0.717) is 16.1 Å². The monoisotopic (exact) mass is 453 g/mol. The number of para-hydroxylation sites is 1. The Hall–Kier alpha value is -4.10. The minimum absolute atomic E-state index is 0.106. The number of fused-ring (bicyclic) bond motifs is 2. The van der Waals surface area contributed by atoms with Gasteiger partial charge in [0.15, 0.2) is 0 Å². The lowest BCUT2D eigenvalue weighted by Crippen LogP contribution is -2.30. The van der Waals surface area contributed by atoms with Crippen LogP contribution in [-0.2, 0) is 0 Å². The van der Waals surface area contributed by atoms with Crippen molar-refractivity contribution in [1.82, 2.24) is 4.98 Å². The second-order valence-electron chi connectivity index (χ2n) is 7.73. The van der Waals surface area contributed by atoms with Crippen LogP contribution in [0.3, 0.4) is 0 Å². The maximum atomic E-state index is 13.5. The number of nitrogens with zero attached hydrogens (tertiary/aromatic N) is 3. The van der Waals surface area contributed by atoms with Gasteiger partial charge in [0.1, 0.15) is 11.1 Å². The first kappa shape index (κ1) is 20.8. The van der Waals surface area contributed by atoms with Crippen molar-refractivity contribution in [2.24, 2.45) is 5.10 Å². The molecule has 162 valence electrons. The number of anilines is 1. The predicted molar refractivity (Wildman–Crippen MR) is 132 cm³/mol. The number of hydrazone groups is 1. The quantitative estimate of drug-likeness (QED) is 0.199. The Kier molecular flexibility index (Phi) is 5.32. The summed E-state index contributed by atoms with van der Waals surface area (Å²) in [6, 6.07) is 22.2. The second-order valence-corrected chi connectivity index (χ2v) is 8.73. The normalized spacial score (nSPS) is 11.5. The van der Waals surface area contributed by atoms with Gasteiger partial charge >= 0.3 is 5.63 Å². The van der Waals surface area contributed by atoms with Gasteiger partial charge in [0.2, 0.25) is 5.13 Å². The molecular formula is C26H19N3O3S. The smallest absolute Gasteiger partial charge is 0.349 e. The zero-order valence-corrected chi connectivity index (χ0v) is 18.8. The van der Waals surface area contributed by atoms with Gasteiger partial charge < -0.3 is 4.42 Å². The third-order valence-corrected chi connectivity index (χ3v) is 6.17. The molecular weight excluding hydrogens is 434 g/mol. The zero-order chi connectivity index (χ0) is 22.9. The molecule has 0 N–H and O–H groups in total. The first-order valence-electron chi connectivity index (χ1n) is 10.3. The van der Waals surface area contributed by atoms with Crippen LogP contribution < -0.4 is 10.6 Å². The average Bonchev–Trinajstić information content (AvgIpc) is 3.22. The largest absolute Gasteiger partial charge is 0.422 e. The van der Waals surface area contributed by atoms with Gasteiger partial charge in [0, 0.05) is 5.39 Å². The molecule has 0 spiro atoms. The van der Waals surface area contributed by atoms with Crippen LogP contribution in [-0.4, -0.2) is 17.1 Å². The number of rotatable bonds is 4. The Bertz CT molecular complexity index is 1580. The maximum Gasteiger partial charge on any atom is 0.349 e. The molecule has 0 fully saturated rings. The first-order valence-corrected chi connectivity index (χ1v) is 11.1. The number of aromatic nitrogens is 1. The van der Waals surface area contributed by atoms with Crippen molar-refractivity contribution in [2.45, 2.75) is 13.8 Å². The van der Waals surface area contributed by atoms with E-state index in [4.69, 9.17) is 4.42 Å². The summed E-state index contributed by atoms with van der Waals surface area (Å²) in [5, 5.41) is 6.63. The molecule has 33 heavy (non-hydrogen) atoms. The summed E-state index contributed by atoms with van der Waals surface area (Å²) in [5.74, 6) is -0.603.